The molecule has 0 radical (unpaired) electrons. The fourth-order valence-corrected chi connectivity index (χ4v) is 3.22. The molecule has 2 aromatic rings. The van der Waals surface area contributed by atoms with Crippen molar-refractivity contribution in [2.75, 3.05) is 26.2 Å². The zero-order chi connectivity index (χ0) is 20.9. The number of nitrogens with zero attached hydrogens (tertiary/aromatic N) is 1. The number of hydrogen-bond acceptors (Lipinski definition) is 6. The van der Waals surface area contributed by atoms with E-state index in [1.54, 1.807) is 0 Å². The van der Waals surface area contributed by atoms with Crippen LogP contribution in [0.4, 0.5) is 5.69 Å². The lowest BCUT2D eigenvalue weighted by atomic mass is 10.1. The normalized spacial score (nSPS) is 10.9. The van der Waals surface area contributed by atoms with E-state index in [9.17, 15) is 20.3 Å². The fraction of sp³-hybridized carbons (Fsp3) is 0.455. The lowest BCUT2D eigenvalue weighted by Crippen LogP contribution is -2.19. The van der Waals surface area contributed by atoms with Crippen molar-refractivity contribution in [3.05, 3.63) is 63.7 Å². The van der Waals surface area contributed by atoms with Crippen LogP contribution in [-0.4, -0.2) is 41.3 Å². The molecule has 2 rings (SSSR count). The minimum atomic E-state index is -0.662. The highest BCUT2D eigenvalue weighted by atomic mass is 16.6. The average Bonchev–Trinajstić information content (AvgIpc) is 2.71. The molecule has 0 saturated carbocycles. The average molecular weight is 402 g/mol. The lowest BCUT2D eigenvalue weighted by molar-refractivity contribution is -0.386. The Bertz CT molecular complexity index is 753. The van der Waals surface area contributed by atoms with Crippen LogP contribution in [-0.2, 0) is 12.8 Å². The summed E-state index contributed by atoms with van der Waals surface area (Å²) < 4.78 is 0. The smallest absolute Gasteiger partial charge is 0.317 e. The molecule has 29 heavy (non-hydrogen) atoms. The Morgan fingerprint density at radius 1 is 0.793 bits per heavy atom. The third-order valence-electron chi connectivity index (χ3n) is 4.86. The summed E-state index contributed by atoms with van der Waals surface area (Å²) in [6, 6.07) is 13.2. The Labute approximate surface area is 171 Å². The molecule has 0 saturated heterocycles. The summed E-state index contributed by atoms with van der Waals surface area (Å²) in [5, 5.41) is 36.9. The van der Waals surface area contributed by atoms with Gasteiger partial charge in [-0.2, -0.15) is 0 Å². The van der Waals surface area contributed by atoms with Gasteiger partial charge in [0, 0.05) is 5.56 Å². The van der Waals surface area contributed by atoms with Crippen LogP contribution in [0.1, 0.15) is 36.8 Å². The van der Waals surface area contributed by atoms with E-state index in [0.29, 0.717) is 18.5 Å². The lowest BCUT2D eigenvalue weighted by Gasteiger charge is -2.08. The maximum absolute atomic E-state index is 11.1. The van der Waals surface area contributed by atoms with Gasteiger partial charge < -0.3 is 20.8 Å². The largest absolute Gasteiger partial charge is 0.504 e. The van der Waals surface area contributed by atoms with Gasteiger partial charge in [0.25, 0.3) is 0 Å². The molecule has 0 spiro atoms. The first-order valence-electron chi connectivity index (χ1n) is 10.2. The molecule has 0 bridgehead atoms. The number of phenolic OH excluding ortho intramolecular Hbond substituents is 2. The molecule has 158 valence electrons. The molecule has 0 heterocycles. The summed E-state index contributed by atoms with van der Waals surface area (Å²) >= 11 is 0. The van der Waals surface area contributed by atoms with Crippen molar-refractivity contribution in [1.29, 1.82) is 0 Å². The molecule has 0 unspecified atom stereocenters. The van der Waals surface area contributed by atoms with E-state index in [-0.39, 0.29) is 0 Å². The van der Waals surface area contributed by atoms with E-state index in [1.807, 2.05) is 6.07 Å². The highest BCUT2D eigenvalue weighted by molar-refractivity contribution is 5.59. The van der Waals surface area contributed by atoms with Gasteiger partial charge in [-0.1, -0.05) is 43.2 Å². The van der Waals surface area contributed by atoms with E-state index in [4.69, 9.17) is 0 Å². The minimum absolute atomic E-state index is 0.411. The van der Waals surface area contributed by atoms with Crippen molar-refractivity contribution >= 4 is 5.69 Å². The molecule has 2 aromatic carbocycles. The van der Waals surface area contributed by atoms with Crippen molar-refractivity contribution in [1.82, 2.24) is 10.6 Å². The van der Waals surface area contributed by atoms with E-state index in [1.165, 1.54) is 24.1 Å². The predicted molar refractivity (Wildman–Crippen MR) is 114 cm³/mol. The maximum Gasteiger partial charge on any atom is 0.317 e. The predicted octanol–water partition coefficient (Wildman–Crippen LogP) is 3.53. The van der Waals surface area contributed by atoms with Crippen LogP contribution < -0.4 is 10.6 Å². The molecule has 0 amide bonds. The molecule has 0 atom stereocenters. The Morgan fingerprint density at radius 2 is 1.41 bits per heavy atom. The second-order valence-electron chi connectivity index (χ2n) is 7.10. The number of unbranched alkanes of at least 4 members (excludes halogenated alkanes) is 3. The summed E-state index contributed by atoms with van der Waals surface area (Å²) in [5.74, 6) is -1.13. The summed E-state index contributed by atoms with van der Waals surface area (Å²) in [5.41, 5.74) is 1.37. The van der Waals surface area contributed by atoms with Crippen LogP contribution in [0.15, 0.2) is 42.5 Å². The summed E-state index contributed by atoms with van der Waals surface area (Å²) in [6.07, 6.45) is 6.03. The molecule has 4 N–H and O–H groups in total. The van der Waals surface area contributed by atoms with Gasteiger partial charge in [-0.15, -0.1) is 0 Å². The second-order valence-corrected chi connectivity index (χ2v) is 7.10. The first kappa shape index (κ1) is 22.6. The second kappa shape index (κ2) is 12.7. The quantitative estimate of drug-likeness (QED) is 0.167. The van der Waals surface area contributed by atoms with Crippen LogP contribution in [0.25, 0.3) is 0 Å². The Hall–Kier alpha value is -2.64. The Kier molecular flexibility index (Phi) is 9.95. The highest BCUT2D eigenvalue weighted by Crippen LogP contribution is 2.37. The molecule has 0 aliphatic heterocycles. The molecule has 0 aliphatic carbocycles. The standard InChI is InChI=1S/C22H31N3O4/c26-20-11-10-19(21(22(20)27)25(28)29)13-17-24-15-7-2-1-6-14-23-16-12-18-8-4-3-5-9-18/h3-5,8-11,23-24,26-27H,1-2,6-7,12-17H2. The van der Waals surface area contributed by atoms with Crippen LogP contribution in [0.2, 0.25) is 0 Å². The Balaban J connectivity index is 1.48. The van der Waals surface area contributed by atoms with Gasteiger partial charge in [0.05, 0.1) is 4.92 Å². The van der Waals surface area contributed by atoms with Crippen LogP contribution in [0, 0.1) is 10.1 Å². The van der Waals surface area contributed by atoms with Crippen molar-refractivity contribution < 1.29 is 15.1 Å². The van der Waals surface area contributed by atoms with Crippen molar-refractivity contribution in [2.24, 2.45) is 0 Å². The van der Waals surface area contributed by atoms with Gasteiger partial charge in [-0.05, 0) is 69.6 Å². The van der Waals surface area contributed by atoms with Gasteiger partial charge in [-0.3, -0.25) is 10.1 Å². The number of hydrogen-bond donors (Lipinski definition) is 4. The van der Waals surface area contributed by atoms with Gasteiger partial charge in [0.2, 0.25) is 5.75 Å². The van der Waals surface area contributed by atoms with Gasteiger partial charge >= 0.3 is 5.69 Å². The van der Waals surface area contributed by atoms with E-state index >= 15 is 0 Å². The third kappa shape index (κ3) is 8.09. The summed E-state index contributed by atoms with van der Waals surface area (Å²) in [6.45, 7) is 3.49. The molecule has 7 heteroatoms. The number of nitro groups is 1. The number of phenols is 2. The first-order chi connectivity index (χ1) is 14.1. The van der Waals surface area contributed by atoms with Crippen LogP contribution >= 0.6 is 0 Å². The highest BCUT2D eigenvalue weighted by Gasteiger charge is 2.22. The maximum atomic E-state index is 11.1. The topological polar surface area (TPSA) is 108 Å². The molecular formula is C22H31N3O4. The van der Waals surface area contributed by atoms with Crippen molar-refractivity contribution in [3.63, 3.8) is 0 Å². The number of nitrogens with one attached hydrogen (secondary N) is 2. The van der Waals surface area contributed by atoms with Gasteiger partial charge in [0.15, 0.2) is 5.75 Å². The van der Waals surface area contributed by atoms with E-state index in [2.05, 4.69) is 34.9 Å². The Morgan fingerprint density at radius 3 is 2.03 bits per heavy atom. The van der Waals surface area contributed by atoms with Crippen LogP contribution in [0.5, 0.6) is 11.5 Å². The minimum Gasteiger partial charge on any atom is -0.504 e. The number of rotatable bonds is 14. The summed E-state index contributed by atoms with van der Waals surface area (Å²) in [4.78, 5) is 10.4. The summed E-state index contributed by atoms with van der Waals surface area (Å²) in [7, 11) is 0. The molecule has 0 aromatic heterocycles. The van der Waals surface area contributed by atoms with E-state index < -0.39 is 22.1 Å². The van der Waals surface area contributed by atoms with Gasteiger partial charge in [-0.25, -0.2) is 0 Å². The van der Waals surface area contributed by atoms with Crippen LogP contribution in [0.3, 0.4) is 0 Å². The molecule has 7 nitrogen and oxygen atoms in total. The first-order valence-corrected chi connectivity index (χ1v) is 10.2. The van der Waals surface area contributed by atoms with Crippen molar-refractivity contribution in [3.8, 4) is 11.5 Å². The zero-order valence-electron chi connectivity index (χ0n) is 16.8. The third-order valence-corrected chi connectivity index (χ3v) is 4.86. The fourth-order valence-electron chi connectivity index (χ4n) is 3.22. The van der Waals surface area contributed by atoms with Crippen molar-refractivity contribution in [2.45, 2.75) is 38.5 Å². The molecule has 0 fully saturated rings. The monoisotopic (exact) mass is 401 g/mol. The number of benzene rings is 2. The zero-order valence-corrected chi connectivity index (χ0v) is 16.8. The number of aromatic hydroxyl groups is 2. The SMILES string of the molecule is O=[N+]([O-])c1c(CCNCCCCCCNCCc2ccccc2)ccc(O)c1O. The molecular weight excluding hydrogens is 370 g/mol. The molecule has 0 aliphatic rings. The van der Waals surface area contributed by atoms with E-state index in [0.717, 1.165) is 45.3 Å². The number of nitro benzene ring substituents is 1. The van der Waals surface area contributed by atoms with Gasteiger partial charge in [0.1, 0.15) is 0 Å².